The third kappa shape index (κ3) is 3.05. The molecule has 0 radical (unpaired) electrons. The summed E-state index contributed by atoms with van der Waals surface area (Å²) in [5.74, 6) is -3.01. The van der Waals surface area contributed by atoms with Crippen LogP contribution in [-0.4, -0.2) is 33.6 Å². The van der Waals surface area contributed by atoms with Gasteiger partial charge in [0.1, 0.15) is 18.4 Å². The van der Waals surface area contributed by atoms with Gasteiger partial charge in [-0.25, -0.2) is 9.37 Å². The van der Waals surface area contributed by atoms with E-state index in [0.717, 1.165) is 11.3 Å². The average Bonchev–Trinajstić information content (AvgIpc) is 3.06. The molecule has 26 heavy (non-hydrogen) atoms. The molecule has 1 amide bonds. The molecule has 7 nitrogen and oxygen atoms in total. The molecular formula is C17H10FN3O4S. The Morgan fingerprint density at radius 1 is 1.31 bits per heavy atom. The van der Waals surface area contributed by atoms with Crippen molar-refractivity contribution >= 4 is 33.3 Å². The first-order valence-corrected chi connectivity index (χ1v) is 8.10. The minimum absolute atomic E-state index is 0.0983. The fraction of sp³-hybridized carbons (Fsp3) is 0.0588. The van der Waals surface area contributed by atoms with Gasteiger partial charge in [-0.15, -0.1) is 11.3 Å². The summed E-state index contributed by atoms with van der Waals surface area (Å²) in [7, 11) is 0. The van der Waals surface area contributed by atoms with E-state index < -0.39 is 35.7 Å². The summed E-state index contributed by atoms with van der Waals surface area (Å²) < 4.78 is 13.4. The number of carboxylic acid groups (broad SMARTS) is 1. The Labute approximate surface area is 150 Å². The summed E-state index contributed by atoms with van der Waals surface area (Å²) in [4.78, 5) is 26.5. The van der Waals surface area contributed by atoms with Crippen molar-refractivity contribution in [3.8, 4) is 22.9 Å². The van der Waals surface area contributed by atoms with Crippen LogP contribution in [0.2, 0.25) is 0 Å². The second kappa shape index (κ2) is 6.78. The Kier molecular flexibility index (Phi) is 4.51. The fourth-order valence-corrected chi connectivity index (χ4v) is 3.44. The lowest BCUT2D eigenvalue weighted by molar-refractivity contribution is -0.135. The highest BCUT2D eigenvalue weighted by atomic mass is 32.1. The maximum atomic E-state index is 13.1. The van der Waals surface area contributed by atoms with Crippen LogP contribution in [0.5, 0.6) is 5.75 Å². The SMILES string of the molecule is N#Cc1nc(C(=O)NCC(=O)O)c(O)c2scc(-c3ccc(F)cc3)c12. The summed E-state index contributed by atoms with van der Waals surface area (Å²) in [6.07, 6.45) is 0. The quantitative estimate of drug-likeness (QED) is 0.647. The molecule has 0 unspecified atom stereocenters. The van der Waals surface area contributed by atoms with Crippen molar-refractivity contribution < 1.29 is 24.2 Å². The lowest BCUT2D eigenvalue weighted by Crippen LogP contribution is -2.30. The van der Waals surface area contributed by atoms with Gasteiger partial charge in [-0.3, -0.25) is 9.59 Å². The molecule has 0 bridgehead atoms. The highest BCUT2D eigenvalue weighted by molar-refractivity contribution is 7.18. The zero-order valence-electron chi connectivity index (χ0n) is 13.0. The number of nitrogens with zero attached hydrogens (tertiary/aromatic N) is 2. The Hall–Kier alpha value is -3.51. The molecule has 0 aliphatic carbocycles. The van der Waals surface area contributed by atoms with Gasteiger partial charge in [-0.1, -0.05) is 12.1 Å². The average molecular weight is 371 g/mol. The van der Waals surface area contributed by atoms with Gasteiger partial charge in [-0.2, -0.15) is 5.26 Å². The van der Waals surface area contributed by atoms with E-state index in [2.05, 4.69) is 10.3 Å². The van der Waals surface area contributed by atoms with Crippen LogP contribution < -0.4 is 5.32 Å². The number of carbonyl (C=O) groups is 2. The van der Waals surface area contributed by atoms with Crippen molar-refractivity contribution in [1.29, 1.82) is 5.26 Å². The predicted octanol–water partition coefficient (Wildman–Crippen LogP) is 2.49. The van der Waals surface area contributed by atoms with Gasteiger partial charge in [-0.05, 0) is 17.7 Å². The number of carboxylic acids is 1. The third-order valence-corrected chi connectivity index (χ3v) is 4.55. The zero-order valence-corrected chi connectivity index (χ0v) is 13.8. The van der Waals surface area contributed by atoms with Crippen LogP contribution in [0.1, 0.15) is 16.2 Å². The Bertz CT molecular complexity index is 1070. The molecule has 0 saturated heterocycles. The van der Waals surface area contributed by atoms with Gasteiger partial charge in [0.15, 0.2) is 17.1 Å². The molecule has 0 saturated carbocycles. The van der Waals surface area contributed by atoms with E-state index in [1.165, 1.54) is 24.3 Å². The van der Waals surface area contributed by atoms with E-state index in [1.807, 2.05) is 6.07 Å². The summed E-state index contributed by atoms with van der Waals surface area (Å²) in [5.41, 5.74) is 0.668. The number of fused-ring (bicyclic) bond motifs is 1. The number of nitrogens with one attached hydrogen (secondary N) is 1. The van der Waals surface area contributed by atoms with Gasteiger partial charge in [0.2, 0.25) is 0 Å². The van der Waals surface area contributed by atoms with Crippen LogP contribution in [-0.2, 0) is 4.79 Å². The molecule has 0 atom stereocenters. The minimum Gasteiger partial charge on any atom is -0.504 e. The molecule has 1 aromatic carbocycles. The topological polar surface area (TPSA) is 123 Å². The molecule has 9 heteroatoms. The number of hydrogen-bond donors (Lipinski definition) is 3. The molecule has 0 aliphatic rings. The van der Waals surface area contributed by atoms with E-state index in [1.54, 1.807) is 5.38 Å². The normalized spacial score (nSPS) is 10.5. The first kappa shape index (κ1) is 17.3. The second-order valence-corrected chi connectivity index (χ2v) is 6.09. The molecule has 130 valence electrons. The minimum atomic E-state index is -1.26. The maximum Gasteiger partial charge on any atom is 0.322 e. The molecule has 3 aromatic rings. The molecule has 0 fully saturated rings. The number of aromatic hydroxyl groups is 1. The number of hydrogen-bond acceptors (Lipinski definition) is 6. The number of halogens is 1. The van der Waals surface area contributed by atoms with Crippen LogP contribution in [0.15, 0.2) is 29.6 Å². The first-order valence-electron chi connectivity index (χ1n) is 7.22. The number of benzene rings is 1. The van der Waals surface area contributed by atoms with Crippen molar-refractivity contribution in [3.05, 3.63) is 46.9 Å². The lowest BCUT2D eigenvalue weighted by atomic mass is 10.0. The monoisotopic (exact) mass is 371 g/mol. The van der Waals surface area contributed by atoms with Crippen LogP contribution >= 0.6 is 11.3 Å². The number of thiophene rings is 1. The van der Waals surface area contributed by atoms with E-state index in [0.29, 0.717) is 16.5 Å². The smallest absolute Gasteiger partial charge is 0.322 e. The number of amides is 1. The van der Waals surface area contributed by atoms with E-state index in [4.69, 9.17) is 5.11 Å². The van der Waals surface area contributed by atoms with E-state index in [-0.39, 0.29) is 10.4 Å². The Morgan fingerprint density at radius 3 is 2.62 bits per heavy atom. The molecule has 3 N–H and O–H groups in total. The van der Waals surface area contributed by atoms with Crippen LogP contribution in [0.4, 0.5) is 4.39 Å². The predicted molar refractivity (Wildman–Crippen MR) is 91.4 cm³/mol. The Balaban J connectivity index is 2.15. The van der Waals surface area contributed by atoms with Crippen molar-refractivity contribution in [2.24, 2.45) is 0 Å². The zero-order chi connectivity index (χ0) is 18.8. The number of pyridine rings is 1. The summed E-state index contributed by atoms with van der Waals surface area (Å²) in [6, 6.07) is 7.48. The van der Waals surface area contributed by atoms with Crippen molar-refractivity contribution in [1.82, 2.24) is 10.3 Å². The molecule has 3 rings (SSSR count). The van der Waals surface area contributed by atoms with Crippen LogP contribution in [0, 0.1) is 17.1 Å². The lowest BCUT2D eigenvalue weighted by Gasteiger charge is -2.07. The van der Waals surface area contributed by atoms with Crippen LogP contribution in [0.3, 0.4) is 0 Å². The van der Waals surface area contributed by atoms with Crippen molar-refractivity contribution in [2.45, 2.75) is 0 Å². The summed E-state index contributed by atoms with van der Waals surface area (Å²) in [6.45, 7) is -0.648. The van der Waals surface area contributed by atoms with Crippen molar-refractivity contribution in [3.63, 3.8) is 0 Å². The molecule has 0 aliphatic heterocycles. The highest BCUT2D eigenvalue weighted by Crippen LogP contribution is 2.41. The molecule has 0 spiro atoms. The summed E-state index contributed by atoms with van der Waals surface area (Å²) >= 11 is 1.09. The van der Waals surface area contributed by atoms with Gasteiger partial charge >= 0.3 is 5.97 Å². The van der Waals surface area contributed by atoms with Crippen LogP contribution in [0.25, 0.3) is 21.2 Å². The molecule has 2 aromatic heterocycles. The largest absolute Gasteiger partial charge is 0.504 e. The van der Waals surface area contributed by atoms with E-state index in [9.17, 15) is 24.3 Å². The maximum absolute atomic E-state index is 13.1. The number of aliphatic carboxylic acids is 1. The summed E-state index contributed by atoms with van der Waals surface area (Å²) in [5, 5.41) is 32.5. The highest BCUT2D eigenvalue weighted by Gasteiger charge is 2.23. The van der Waals surface area contributed by atoms with Crippen molar-refractivity contribution in [2.75, 3.05) is 6.54 Å². The number of carbonyl (C=O) groups excluding carboxylic acids is 1. The fourth-order valence-electron chi connectivity index (χ4n) is 2.42. The standard InChI is InChI=1S/C17H10FN3O4S/c18-9-3-1-8(2-4-9)10-7-26-16-13(10)11(5-19)21-14(15(16)24)17(25)20-6-12(22)23/h1-4,7,24H,6H2,(H,20,25)(H,22,23). The molecule has 2 heterocycles. The second-order valence-electron chi connectivity index (χ2n) is 5.21. The Morgan fingerprint density at radius 2 is 2.00 bits per heavy atom. The number of rotatable bonds is 4. The number of aromatic nitrogens is 1. The van der Waals surface area contributed by atoms with Gasteiger partial charge in [0.25, 0.3) is 5.91 Å². The van der Waals surface area contributed by atoms with Gasteiger partial charge in [0, 0.05) is 16.3 Å². The van der Waals surface area contributed by atoms with Gasteiger partial charge in [0.05, 0.1) is 4.70 Å². The third-order valence-electron chi connectivity index (χ3n) is 3.57. The van der Waals surface area contributed by atoms with Gasteiger partial charge < -0.3 is 15.5 Å². The molecular weight excluding hydrogens is 361 g/mol. The van der Waals surface area contributed by atoms with E-state index >= 15 is 0 Å². The first-order chi connectivity index (χ1) is 12.4. The number of nitriles is 1.